The maximum absolute atomic E-state index is 12.9. The van der Waals surface area contributed by atoms with Gasteiger partial charge in [-0.05, 0) is 30.3 Å². The number of alkyl halides is 3. The van der Waals surface area contributed by atoms with Crippen LogP contribution in [-0.2, 0) is 11.0 Å². The second-order valence-electron chi connectivity index (χ2n) is 5.37. The van der Waals surface area contributed by atoms with Gasteiger partial charge in [0.1, 0.15) is 11.6 Å². The summed E-state index contributed by atoms with van der Waals surface area (Å²) in [5.41, 5.74) is 3.85. The average Bonchev–Trinajstić information content (AvgIpc) is 2.63. The fraction of sp³-hybridized carbons (Fsp3) is 0.0556. The number of halogens is 4. The van der Waals surface area contributed by atoms with Crippen LogP contribution >= 0.6 is 11.6 Å². The van der Waals surface area contributed by atoms with Crippen molar-refractivity contribution in [2.45, 2.75) is 6.18 Å². The van der Waals surface area contributed by atoms with Gasteiger partial charge < -0.3 is 16.4 Å². The molecule has 0 spiro atoms. The predicted molar refractivity (Wildman–Crippen MR) is 97.4 cm³/mol. The molecule has 0 unspecified atom stereocenters. The number of para-hydroxylation sites is 1. The first kappa shape index (κ1) is 20.8. The van der Waals surface area contributed by atoms with E-state index in [2.05, 4.69) is 10.6 Å². The molecule has 144 valence electrons. The molecule has 0 atom stereocenters. The van der Waals surface area contributed by atoms with Gasteiger partial charge in [0.05, 0.1) is 21.8 Å². The molecule has 10 heteroatoms. The summed E-state index contributed by atoms with van der Waals surface area (Å²) in [6.45, 7) is 0. The lowest BCUT2D eigenvalue weighted by molar-refractivity contribution is -0.137. The third kappa shape index (κ3) is 5.02. The van der Waals surface area contributed by atoms with E-state index in [4.69, 9.17) is 22.6 Å². The molecular formula is C18H12ClF3N4O2. The van der Waals surface area contributed by atoms with E-state index in [-0.39, 0.29) is 16.9 Å². The highest BCUT2D eigenvalue weighted by Gasteiger charge is 2.33. The number of nitriles is 1. The van der Waals surface area contributed by atoms with Crippen LogP contribution in [0.3, 0.4) is 0 Å². The molecule has 0 radical (unpaired) electrons. The Morgan fingerprint density at radius 2 is 1.86 bits per heavy atom. The third-order valence-electron chi connectivity index (χ3n) is 3.46. The molecule has 0 saturated carbocycles. The second kappa shape index (κ2) is 8.45. The fourth-order valence-electron chi connectivity index (χ4n) is 2.14. The van der Waals surface area contributed by atoms with Crippen molar-refractivity contribution in [2.24, 2.45) is 5.73 Å². The number of benzene rings is 2. The molecule has 0 bridgehead atoms. The van der Waals surface area contributed by atoms with Crippen LogP contribution in [0.25, 0.3) is 0 Å². The van der Waals surface area contributed by atoms with Crippen molar-refractivity contribution in [1.82, 2.24) is 0 Å². The smallest absolute Gasteiger partial charge is 0.366 e. The van der Waals surface area contributed by atoms with Crippen LogP contribution in [0.5, 0.6) is 0 Å². The van der Waals surface area contributed by atoms with Crippen molar-refractivity contribution >= 4 is 34.8 Å². The molecule has 0 aromatic heterocycles. The summed E-state index contributed by atoms with van der Waals surface area (Å²) in [5, 5.41) is 13.4. The minimum atomic E-state index is -4.70. The van der Waals surface area contributed by atoms with Crippen molar-refractivity contribution in [3.8, 4) is 6.07 Å². The summed E-state index contributed by atoms with van der Waals surface area (Å²) in [5.74, 6) is -1.68. The Balaban J connectivity index is 2.22. The number of rotatable bonds is 5. The van der Waals surface area contributed by atoms with Crippen LogP contribution in [0.1, 0.15) is 15.9 Å². The number of anilines is 2. The minimum Gasteiger partial charge on any atom is -0.366 e. The quantitative estimate of drug-likeness (QED) is 0.514. The second-order valence-corrected chi connectivity index (χ2v) is 5.78. The Labute approximate surface area is 162 Å². The maximum atomic E-state index is 12.9. The first-order valence-corrected chi connectivity index (χ1v) is 7.95. The van der Waals surface area contributed by atoms with E-state index in [1.54, 1.807) is 18.2 Å². The molecule has 2 aromatic carbocycles. The van der Waals surface area contributed by atoms with Crippen molar-refractivity contribution in [3.63, 3.8) is 0 Å². The third-order valence-corrected chi connectivity index (χ3v) is 3.79. The molecule has 0 aliphatic rings. The van der Waals surface area contributed by atoms with Gasteiger partial charge >= 0.3 is 6.18 Å². The van der Waals surface area contributed by atoms with Crippen LogP contribution in [0.2, 0.25) is 5.02 Å². The largest absolute Gasteiger partial charge is 0.417 e. The van der Waals surface area contributed by atoms with Gasteiger partial charge in [0, 0.05) is 11.9 Å². The molecule has 2 amide bonds. The number of carbonyl (C=O) groups excluding carboxylic acids is 2. The zero-order valence-electron chi connectivity index (χ0n) is 14.0. The summed E-state index contributed by atoms with van der Waals surface area (Å²) in [4.78, 5) is 23.5. The highest BCUT2D eigenvalue weighted by molar-refractivity contribution is 6.31. The van der Waals surface area contributed by atoms with E-state index in [0.717, 1.165) is 12.3 Å². The molecule has 0 heterocycles. The van der Waals surface area contributed by atoms with Crippen molar-refractivity contribution in [3.05, 3.63) is 70.4 Å². The van der Waals surface area contributed by atoms with E-state index in [0.29, 0.717) is 6.07 Å². The average molecular weight is 409 g/mol. The molecular weight excluding hydrogens is 397 g/mol. The standard InChI is InChI=1S/C18H12ClF3N4O2/c19-14-6-5-11(7-13(14)18(20,21)22)26-17(28)10(8-23)9-25-15-4-2-1-3-12(15)16(24)27/h1-7,9,25H,(H2,24,27)(H,26,28)/b10-9-. The van der Waals surface area contributed by atoms with Gasteiger partial charge in [0.25, 0.3) is 11.8 Å². The molecule has 2 rings (SSSR count). The lowest BCUT2D eigenvalue weighted by atomic mass is 10.1. The topological polar surface area (TPSA) is 108 Å². The van der Waals surface area contributed by atoms with E-state index >= 15 is 0 Å². The first-order valence-electron chi connectivity index (χ1n) is 7.57. The van der Waals surface area contributed by atoms with Gasteiger partial charge in [-0.25, -0.2) is 0 Å². The van der Waals surface area contributed by atoms with Crippen LogP contribution in [-0.4, -0.2) is 11.8 Å². The lowest BCUT2D eigenvalue weighted by Gasteiger charge is -2.12. The zero-order valence-corrected chi connectivity index (χ0v) is 14.7. The van der Waals surface area contributed by atoms with E-state index in [1.807, 2.05) is 0 Å². The SMILES string of the molecule is N#C/C(=C/Nc1ccccc1C(N)=O)C(=O)Nc1ccc(Cl)c(C(F)(F)F)c1. The van der Waals surface area contributed by atoms with Gasteiger partial charge in [-0.3, -0.25) is 9.59 Å². The van der Waals surface area contributed by atoms with Gasteiger partial charge in [-0.15, -0.1) is 0 Å². The number of hydrogen-bond acceptors (Lipinski definition) is 4. The van der Waals surface area contributed by atoms with Crippen molar-refractivity contribution in [1.29, 1.82) is 5.26 Å². The van der Waals surface area contributed by atoms with Gasteiger partial charge in [0.15, 0.2) is 0 Å². The van der Waals surface area contributed by atoms with Crippen molar-refractivity contribution in [2.75, 3.05) is 10.6 Å². The monoisotopic (exact) mass is 408 g/mol. The molecule has 0 fully saturated rings. The maximum Gasteiger partial charge on any atom is 0.417 e. The minimum absolute atomic E-state index is 0.129. The molecule has 28 heavy (non-hydrogen) atoms. The summed E-state index contributed by atoms with van der Waals surface area (Å²) in [6, 6.07) is 10.5. The van der Waals surface area contributed by atoms with Crippen LogP contribution < -0.4 is 16.4 Å². The number of carbonyl (C=O) groups is 2. The Kier molecular flexibility index (Phi) is 6.28. The Morgan fingerprint density at radius 3 is 2.46 bits per heavy atom. The summed E-state index contributed by atoms with van der Waals surface area (Å²) >= 11 is 5.52. The molecule has 6 nitrogen and oxygen atoms in total. The lowest BCUT2D eigenvalue weighted by Crippen LogP contribution is -2.16. The molecule has 0 saturated heterocycles. The normalized spacial score (nSPS) is 11.5. The Hall–Kier alpha value is -3.51. The zero-order chi connectivity index (χ0) is 20.9. The van der Waals surface area contributed by atoms with E-state index in [1.165, 1.54) is 18.2 Å². The molecule has 4 N–H and O–H groups in total. The number of amides is 2. The van der Waals surface area contributed by atoms with Crippen LogP contribution in [0.15, 0.2) is 54.2 Å². The van der Waals surface area contributed by atoms with Crippen molar-refractivity contribution < 1.29 is 22.8 Å². The van der Waals surface area contributed by atoms with E-state index < -0.39 is 34.1 Å². The number of primary amides is 1. The number of nitrogens with zero attached hydrogens (tertiary/aromatic N) is 1. The highest BCUT2D eigenvalue weighted by atomic mass is 35.5. The van der Waals surface area contributed by atoms with Crippen LogP contribution in [0.4, 0.5) is 24.5 Å². The molecule has 0 aliphatic heterocycles. The van der Waals surface area contributed by atoms with Gasteiger partial charge in [0.2, 0.25) is 0 Å². The predicted octanol–water partition coefficient (Wildman–Crippen LogP) is 3.92. The fourth-order valence-corrected chi connectivity index (χ4v) is 2.37. The summed E-state index contributed by atoms with van der Waals surface area (Å²) in [6.07, 6.45) is -3.69. The Bertz CT molecular complexity index is 997. The molecule has 0 aliphatic carbocycles. The summed E-state index contributed by atoms with van der Waals surface area (Å²) < 4.78 is 38.7. The number of nitrogens with two attached hydrogens (primary N) is 1. The van der Waals surface area contributed by atoms with Gasteiger partial charge in [-0.1, -0.05) is 23.7 Å². The van der Waals surface area contributed by atoms with E-state index in [9.17, 15) is 22.8 Å². The molecule has 2 aromatic rings. The first-order chi connectivity index (χ1) is 13.1. The number of hydrogen-bond donors (Lipinski definition) is 3. The Morgan fingerprint density at radius 1 is 1.18 bits per heavy atom. The summed E-state index contributed by atoms with van der Waals surface area (Å²) in [7, 11) is 0. The van der Waals surface area contributed by atoms with Gasteiger partial charge in [-0.2, -0.15) is 18.4 Å². The highest BCUT2D eigenvalue weighted by Crippen LogP contribution is 2.36. The number of nitrogens with one attached hydrogen (secondary N) is 2. The van der Waals surface area contributed by atoms with Crippen LogP contribution in [0, 0.1) is 11.3 Å².